The van der Waals surface area contributed by atoms with Crippen LogP contribution in [0.5, 0.6) is 0 Å². The minimum Gasteiger partial charge on any atom is -0.395 e. The average Bonchev–Trinajstić information content (AvgIpc) is 3.21. The SMILES string of the molecule is O=[N+]([O-])c1c(NCCO)cc(N2CCN(c3ccccc3)CC2)c2nonc12. The van der Waals surface area contributed by atoms with Crippen LogP contribution in [0.25, 0.3) is 11.0 Å². The molecular weight excluding hydrogens is 364 g/mol. The predicted molar refractivity (Wildman–Crippen MR) is 105 cm³/mol. The molecule has 0 bridgehead atoms. The van der Waals surface area contributed by atoms with Gasteiger partial charge < -0.3 is 20.2 Å². The number of nitro benzene ring substituents is 1. The number of para-hydroxylation sites is 1. The zero-order valence-corrected chi connectivity index (χ0v) is 15.1. The molecule has 0 spiro atoms. The molecule has 3 aromatic rings. The van der Waals surface area contributed by atoms with Crippen LogP contribution in [0.15, 0.2) is 41.0 Å². The third kappa shape index (κ3) is 3.29. The number of aliphatic hydroxyl groups excluding tert-OH is 1. The van der Waals surface area contributed by atoms with Crippen LogP contribution in [0.1, 0.15) is 0 Å². The Labute approximate surface area is 160 Å². The molecule has 4 rings (SSSR count). The summed E-state index contributed by atoms with van der Waals surface area (Å²) in [5.41, 5.74) is 2.47. The fourth-order valence-corrected chi connectivity index (χ4v) is 3.51. The summed E-state index contributed by atoms with van der Waals surface area (Å²) in [5, 5.41) is 31.2. The molecule has 0 atom stereocenters. The molecule has 10 nitrogen and oxygen atoms in total. The second-order valence-corrected chi connectivity index (χ2v) is 6.47. The standard InChI is InChI=1S/C18H20N6O4/c25-11-6-19-14-12-15(16-17(21-28-20-16)18(14)24(26)27)23-9-7-22(8-10-23)13-4-2-1-3-5-13/h1-5,12,19,25H,6-11H2. The molecule has 0 amide bonds. The van der Waals surface area contributed by atoms with Crippen LogP contribution in [0.3, 0.4) is 0 Å². The number of hydrogen-bond donors (Lipinski definition) is 2. The van der Waals surface area contributed by atoms with E-state index in [0.29, 0.717) is 11.2 Å². The average molecular weight is 384 g/mol. The molecule has 28 heavy (non-hydrogen) atoms. The molecule has 0 radical (unpaired) electrons. The number of rotatable bonds is 6. The number of benzene rings is 2. The maximum absolute atomic E-state index is 11.6. The van der Waals surface area contributed by atoms with Gasteiger partial charge in [0.05, 0.1) is 17.2 Å². The Hall–Kier alpha value is -3.40. The molecule has 2 N–H and O–H groups in total. The third-order valence-corrected chi connectivity index (χ3v) is 4.84. The van der Waals surface area contributed by atoms with E-state index >= 15 is 0 Å². The van der Waals surface area contributed by atoms with Gasteiger partial charge >= 0.3 is 5.69 Å². The molecule has 1 aromatic heterocycles. The molecule has 1 aliphatic rings. The zero-order chi connectivity index (χ0) is 19.5. The highest BCUT2D eigenvalue weighted by Crippen LogP contribution is 2.38. The molecule has 1 aliphatic heterocycles. The van der Waals surface area contributed by atoms with Crippen LogP contribution >= 0.6 is 0 Å². The van der Waals surface area contributed by atoms with Gasteiger partial charge in [-0.15, -0.1) is 0 Å². The number of aliphatic hydroxyl groups is 1. The molecule has 146 valence electrons. The first kappa shape index (κ1) is 18.0. The summed E-state index contributed by atoms with van der Waals surface area (Å²) in [6.45, 7) is 3.14. The van der Waals surface area contributed by atoms with Crippen molar-refractivity contribution in [1.29, 1.82) is 0 Å². The quantitative estimate of drug-likeness (QED) is 0.484. The van der Waals surface area contributed by atoms with E-state index in [2.05, 4.69) is 37.6 Å². The van der Waals surface area contributed by atoms with E-state index in [4.69, 9.17) is 9.74 Å². The van der Waals surface area contributed by atoms with Gasteiger partial charge in [0.1, 0.15) is 5.69 Å². The number of aromatic nitrogens is 2. The summed E-state index contributed by atoms with van der Waals surface area (Å²) in [7, 11) is 0. The number of nitrogens with one attached hydrogen (secondary N) is 1. The Balaban J connectivity index is 1.65. The van der Waals surface area contributed by atoms with Gasteiger partial charge in [-0.25, -0.2) is 4.63 Å². The van der Waals surface area contributed by atoms with Crippen molar-refractivity contribution in [1.82, 2.24) is 10.3 Å². The Morgan fingerprint density at radius 1 is 1.11 bits per heavy atom. The lowest BCUT2D eigenvalue weighted by molar-refractivity contribution is -0.382. The normalized spacial score (nSPS) is 14.5. The van der Waals surface area contributed by atoms with Crippen molar-refractivity contribution < 1.29 is 14.7 Å². The third-order valence-electron chi connectivity index (χ3n) is 4.84. The Kier molecular flexibility index (Phi) is 4.94. The maximum Gasteiger partial charge on any atom is 0.323 e. The van der Waals surface area contributed by atoms with Gasteiger partial charge in [-0.05, 0) is 28.5 Å². The lowest BCUT2D eigenvalue weighted by atomic mass is 10.1. The topological polar surface area (TPSA) is 121 Å². The van der Waals surface area contributed by atoms with Crippen molar-refractivity contribution in [3.8, 4) is 0 Å². The number of nitro groups is 1. The minimum absolute atomic E-state index is 0.105. The first-order valence-electron chi connectivity index (χ1n) is 9.02. The summed E-state index contributed by atoms with van der Waals surface area (Å²) in [6, 6.07) is 11.9. The van der Waals surface area contributed by atoms with Crippen molar-refractivity contribution >= 4 is 33.8 Å². The van der Waals surface area contributed by atoms with Crippen LogP contribution < -0.4 is 15.1 Å². The molecule has 1 fully saturated rings. The second-order valence-electron chi connectivity index (χ2n) is 6.47. The van der Waals surface area contributed by atoms with E-state index < -0.39 is 4.92 Å². The Bertz CT molecular complexity index is 969. The van der Waals surface area contributed by atoms with Crippen LogP contribution in [0, 0.1) is 10.1 Å². The number of piperazine rings is 1. The molecule has 10 heteroatoms. The van der Waals surface area contributed by atoms with Crippen LogP contribution in [-0.4, -0.2) is 59.7 Å². The summed E-state index contributed by atoms with van der Waals surface area (Å²) >= 11 is 0. The number of anilines is 3. The van der Waals surface area contributed by atoms with Crippen molar-refractivity contribution in [2.24, 2.45) is 0 Å². The molecule has 2 aromatic carbocycles. The fourth-order valence-electron chi connectivity index (χ4n) is 3.51. The van der Waals surface area contributed by atoms with E-state index in [9.17, 15) is 10.1 Å². The predicted octanol–water partition coefficient (Wildman–Crippen LogP) is 1.86. The first-order chi connectivity index (χ1) is 13.7. The summed E-state index contributed by atoms with van der Waals surface area (Å²) in [5.74, 6) is 0. The van der Waals surface area contributed by atoms with Gasteiger partial charge in [-0.2, -0.15) is 0 Å². The van der Waals surface area contributed by atoms with Crippen molar-refractivity contribution in [2.45, 2.75) is 0 Å². The summed E-state index contributed by atoms with van der Waals surface area (Å²) in [4.78, 5) is 15.5. The minimum atomic E-state index is -0.511. The van der Waals surface area contributed by atoms with Crippen LogP contribution in [0.4, 0.5) is 22.7 Å². The molecule has 0 aliphatic carbocycles. The van der Waals surface area contributed by atoms with Gasteiger partial charge in [0.15, 0.2) is 5.52 Å². The van der Waals surface area contributed by atoms with Gasteiger partial charge in [0, 0.05) is 38.4 Å². The fraction of sp³-hybridized carbons (Fsp3) is 0.333. The number of nitrogens with zero attached hydrogens (tertiary/aromatic N) is 5. The van der Waals surface area contributed by atoms with E-state index in [-0.39, 0.29) is 24.4 Å². The van der Waals surface area contributed by atoms with Gasteiger partial charge in [0.2, 0.25) is 5.52 Å². The van der Waals surface area contributed by atoms with Crippen LogP contribution in [0.2, 0.25) is 0 Å². The van der Waals surface area contributed by atoms with Gasteiger partial charge in [-0.3, -0.25) is 10.1 Å². The smallest absolute Gasteiger partial charge is 0.323 e. The molecule has 0 unspecified atom stereocenters. The lowest BCUT2D eigenvalue weighted by Gasteiger charge is -2.37. The van der Waals surface area contributed by atoms with Crippen molar-refractivity contribution in [3.63, 3.8) is 0 Å². The first-order valence-corrected chi connectivity index (χ1v) is 9.02. The van der Waals surface area contributed by atoms with Crippen molar-refractivity contribution in [3.05, 3.63) is 46.5 Å². The summed E-state index contributed by atoms with van der Waals surface area (Å²) in [6.07, 6.45) is 0. The monoisotopic (exact) mass is 384 g/mol. The number of hydrogen-bond acceptors (Lipinski definition) is 9. The van der Waals surface area contributed by atoms with Crippen molar-refractivity contribution in [2.75, 3.05) is 54.4 Å². The van der Waals surface area contributed by atoms with Crippen LogP contribution in [-0.2, 0) is 0 Å². The maximum atomic E-state index is 11.6. The zero-order valence-electron chi connectivity index (χ0n) is 15.1. The lowest BCUT2D eigenvalue weighted by Crippen LogP contribution is -2.46. The highest BCUT2D eigenvalue weighted by atomic mass is 16.6. The summed E-state index contributed by atoms with van der Waals surface area (Å²) < 4.78 is 4.82. The Morgan fingerprint density at radius 2 is 1.79 bits per heavy atom. The second kappa shape index (κ2) is 7.69. The molecule has 1 saturated heterocycles. The van der Waals surface area contributed by atoms with E-state index in [1.807, 2.05) is 18.2 Å². The van der Waals surface area contributed by atoms with Gasteiger partial charge in [-0.1, -0.05) is 18.2 Å². The molecule has 0 saturated carbocycles. The number of fused-ring (bicyclic) bond motifs is 1. The highest BCUT2D eigenvalue weighted by molar-refractivity contribution is 5.99. The molecular formula is C18H20N6O4. The van der Waals surface area contributed by atoms with E-state index in [1.165, 1.54) is 5.69 Å². The van der Waals surface area contributed by atoms with Gasteiger partial charge in [0.25, 0.3) is 0 Å². The van der Waals surface area contributed by atoms with E-state index in [0.717, 1.165) is 31.9 Å². The highest BCUT2D eigenvalue weighted by Gasteiger charge is 2.29. The molecule has 2 heterocycles. The Morgan fingerprint density at radius 3 is 2.46 bits per heavy atom. The van der Waals surface area contributed by atoms with E-state index in [1.54, 1.807) is 6.07 Å². The largest absolute Gasteiger partial charge is 0.395 e.